The van der Waals surface area contributed by atoms with Crippen molar-refractivity contribution >= 4 is 23.2 Å². The van der Waals surface area contributed by atoms with Crippen LogP contribution in [0.5, 0.6) is 0 Å². The summed E-state index contributed by atoms with van der Waals surface area (Å²) in [4.78, 5) is 15.0. The van der Waals surface area contributed by atoms with Crippen LogP contribution >= 0.6 is 11.6 Å². The van der Waals surface area contributed by atoms with Gasteiger partial charge in [-0.2, -0.15) is 9.61 Å². The molecule has 0 fully saturated rings. The van der Waals surface area contributed by atoms with Gasteiger partial charge in [0.15, 0.2) is 16.6 Å². The summed E-state index contributed by atoms with van der Waals surface area (Å²) in [6.07, 6.45) is 3.19. The number of rotatable bonds is 2. The number of pyridine rings is 1. The molecule has 0 aliphatic heterocycles. The summed E-state index contributed by atoms with van der Waals surface area (Å²) in [6.45, 7) is 0. The lowest BCUT2D eigenvalue weighted by molar-refractivity contribution is 0.0698. The number of fused-ring (bicyclic) bond motifs is 1. The SMILES string of the molecule is O=C(O)c1cc(Cl)nn2c(-c3ccncc3)nnc12. The number of carbonyl (C=O) groups is 1. The Morgan fingerprint density at radius 1 is 1.26 bits per heavy atom. The zero-order valence-corrected chi connectivity index (χ0v) is 10.1. The van der Waals surface area contributed by atoms with Gasteiger partial charge in [-0.3, -0.25) is 4.98 Å². The van der Waals surface area contributed by atoms with Crippen LogP contribution in [0, 0.1) is 0 Å². The van der Waals surface area contributed by atoms with Gasteiger partial charge >= 0.3 is 5.97 Å². The maximum Gasteiger partial charge on any atom is 0.339 e. The van der Waals surface area contributed by atoms with Crippen LogP contribution in [0.1, 0.15) is 10.4 Å². The van der Waals surface area contributed by atoms with Gasteiger partial charge in [-0.05, 0) is 18.2 Å². The van der Waals surface area contributed by atoms with E-state index in [4.69, 9.17) is 16.7 Å². The zero-order chi connectivity index (χ0) is 13.4. The number of aromatic carboxylic acids is 1. The Hall–Kier alpha value is -2.54. The molecule has 3 rings (SSSR count). The first kappa shape index (κ1) is 11.5. The number of hydrogen-bond donors (Lipinski definition) is 1. The van der Waals surface area contributed by atoms with Gasteiger partial charge in [0.1, 0.15) is 5.56 Å². The molecule has 0 bridgehead atoms. The molecule has 0 aliphatic carbocycles. The van der Waals surface area contributed by atoms with E-state index in [0.717, 1.165) is 0 Å². The first-order valence-corrected chi connectivity index (χ1v) is 5.60. The van der Waals surface area contributed by atoms with E-state index in [0.29, 0.717) is 11.4 Å². The summed E-state index contributed by atoms with van der Waals surface area (Å²) in [5.74, 6) is -0.731. The van der Waals surface area contributed by atoms with Crippen molar-refractivity contribution in [3.05, 3.63) is 41.3 Å². The Morgan fingerprint density at radius 2 is 2.00 bits per heavy atom. The van der Waals surface area contributed by atoms with Gasteiger partial charge in [0.05, 0.1) is 0 Å². The van der Waals surface area contributed by atoms with Gasteiger partial charge < -0.3 is 5.11 Å². The van der Waals surface area contributed by atoms with E-state index in [9.17, 15) is 4.79 Å². The van der Waals surface area contributed by atoms with Gasteiger partial charge in [-0.1, -0.05) is 11.6 Å². The molecule has 3 heterocycles. The summed E-state index contributed by atoms with van der Waals surface area (Å²) in [5, 5.41) is 21.0. The van der Waals surface area contributed by atoms with Crippen molar-refractivity contribution < 1.29 is 9.90 Å². The van der Waals surface area contributed by atoms with Gasteiger partial charge in [-0.15, -0.1) is 10.2 Å². The Bertz CT molecular complexity index is 771. The molecule has 0 spiro atoms. The van der Waals surface area contributed by atoms with E-state index >= 15 is 0 Å². The van der Waals surface area contributed by atoms with Crippen LogP contribution in [-0.2, 0) is 0 Å². The summed E-state index contributed by atoms with van der Waals surface area (Å²) in [7, 11) is 0. The molecular formula is C11H6ClN5O2. The number of hydrogen-bond acceptors (Lipinski definition) is 5. The quantitative estimate of drug-likeness (QED) is 0.762. The lowest BCUT2D eigenvalue weighted by Gasteiger charge is -2.01. The van der Waals surface area contributed by atoms with Crippen molar-refractivity contribution in [1.82, 2.24) is 24.8 Å². The van der Waals surface area contributed by atoms with E-state index in [1.807, 2.05) is 0 Å². The highest BCUT2D eigenvalue weighted by Crippen LogP contribution is 2.20. The maximum atomic E-state index is 11.1. The van der Waals surface area contributed by atoms with Crippen LogP contribution in [0.3, 0.4) is 0 Å². The lowest BCUT2D eigenvalue weighted by atomic mass is 10.2. The first-order valence-electron chi connectivity index (χ1n) is 5.22. The topological polar surface area (TPSA) is 93.3 Å². The van der Waals surface area contributed by atoms with Crippen molar-refractivity contribution in [1.29, 1.82) is 0 Å². The molecule has 0 radical (unpaired) electrons. The fourth-order valence-electron chi connectivity index (χ4n) is 1.69. The monoisotopic (exact) mass is 275 g/mol. The fraction of sp³-hybridized carbons (Fsp3) is 0. The Balaban J connectivity index is 2.32. The molecule has 0 aliphatic rings. The van der Waals surface area contributed by atoms with Crippen LogP contribution in [0.4, 0.5) is 0 Å². The van der Waals surface area contributed by atoms with Crippen molar-refractivity contribution in [2.75, 3.05) is 0 Å². The number of carboxylic acid groups (broad SMARTS) is 1. The fourth-order valence-corrected chi connectivity index (χ4v) is 1.87. The minimum atomic E-state index is -1.14. The third-order valence-corrected chi connectivity index (χ3v) is 2.69. The predicted molar refractivity (Wildman–Crippen MR) is 66.0 cm³/mol. The Morgan fingerprint density at radius 3 is 2.68 bits per heavy atom. The van der Waals surface area contributed by atoms with Gasteiger partial charge in [0, 0.05) is 18.0 Å². The third kappa shape index (κ3) is 1.89. The normalized spacial score (nSPS) is 10.8. The summed E-state index contributed by atoms with van der Waals surface area (Å²) in [6, 6.07) is 4.68. The van der Waals surface area contributed by atoms with Crippen molar-refractivity contribution in [2.45, 2.75) is 0 Å². The van der Waals surface area contributed by atoms with Gasteiger partial charge in [0.2, 0.25) is 0 Å². The molecular weight excluding hydrogens is 270 g/mol. The van der Waals surface area contributed by atoms with E-state index in [1.54, 1.807) is 24.5 Å². The average Bonchev–Trinajstić information content (AvgIpc) is 2.82. The number of carboxylic acids is 1. The molecule has 8 heteroatoms. The number of aromatic nitrogens is 5. The van der Waals surface area contributed by atoms with Gasteiger partial charge in [-0.25, -0.2) is 4.79 Å². The standard InChI is InChI=1S/C11H6ClN5O2/c12-8-5-7(11(18)19)10-15-14-9(17(10)16-8)6-1-3-13-4-2-6/h1-5H,(H,18,19). The molecule has 7 nitrogen and oxygen atoms in total. The van der Waals surface area contributed by atoms with Gasteiger partial charge in [0.25, 0.3) is 0 Å². The van der Waals surface area contributed by atoms with Crippen molar-refractivity contribution in [3.8, 4) is 11.4 Å². The Kier molecular flexibility index (Phi) is 2.60. The molecule has 0 saturated carbocycles. The summed E-state index contributed by atoms with van der Waals surface area (Å²) in [5.41, 5.74) is 0.810. The van der Waals surface area contributed by atoms with Crippen molar-refractivity contribution in [3.63, 3.8) is 0 Å². The minimum Gasteiger partial charge on any atom is -0.478 e. The van der Waals surface area contributed by atoms with E-state index < -0.39 is 5.97 Å². The third-order valence-electron chi connectivity index (χ3n) is 2.51. The van der Waals surface area contributed by atoms with Crippen LogP contribution in [0.2, 0.25) is 5.15 Å². The lowest BCUT2D eigenvalue weighted by Crippen LogP contribution is -2.04. The smallest absolute Gasteiger partial charge is 0.339 e. The number of halogens is 1. The predicted octanol–water partition coefficient (Wildman–Crippen LogP) is 1.54. The molecule has 3 aromatic rings. The highest BCUT2D eigenvalue weighted by molar-refractivity contribution is 6.29. The molecule has 0 saturated heterocycles. The molecule has 3 aromatic heterocycles. The zero-order valence-electron chi connectivity index (χ0n) is 9.36. The van der Waals surface area contributed by atoms with Crippen LogP contribution in [0.15, 0.2) is 30.6 Å². The molecule has 0 amide bonds. The molecule has 0 aromatic carbocycles. The second kappa shape index (κ2) is 4.29. The maximum absolute atomic E-state index is 11.1. The summed E-state index contributed by atoms with van der Waals surface area (Å²) >= 11 is 5.82. The molecule has 0 atom stereocenters. The average molecular weight is 276 g/mol. The highest BCUT2D eigenvalue weighted by atomic mass is 35.5. The number of nitrogens with zero attached hydrogens (tertiary/aromatic N) is 5. The molecule has 0 unspecified atom stereocenters. The van der Waals surface area contributed by atoms with Crippen LogP contribution in [0.25, 0.3) is 17.0 Å². The van der Waals surface area contributed by atoms with E-state index in [1.165, 1.54) is 10.6 Å². The molecule has 94 valence electrons. The molecule has 1 N–H and O–H groups in total. The van der Waals surface area contributed by atoms with Crippen LogP contribution in [-0.4, -0.2) is 35.9 Å². The van der Waals surface area contributed by atoms with Crippen LogP contribution < -0.4 is 0 Å². The second-order valence-corrected chi connectivity index (χ2v) is 4.07. The highest BCUT2D eigenvalue weighted by Gasteiger charge is 2.17. The minimum absolute atomic E-state index is 0.0483. The summed E-state index contributed by atoms with van der Waals surface area (Å²) < 4.78 is 1.31. The first-order chi connectivity index (χ1) is 9.16. The van der Waals surface area contributed by atoms with E-state index in [-0.39, 0.29) is 16.4 Å². The second-order valence-electron chi connectivity index (χ2n) is 3.68. The Labute approximate surface area is 111 Å². The van der Waals surface area contributed by atoms with Crippen molar-refractivity contribution in [2.24, 2.45) is 0 Å². The molecule has 19 heavy (non-hydrogen) atoms. The largest absolute Gasteiger partial charge is 0.478 e. The van der Waals surface area contributed by atoms with E-state index in [2.05, 4.69) is 20.3 Å².